The number of methoxy groups -OCH3 is 1. The number of carbonyl (C=O) groups excluding carboxylic acids is 1. The molecule has 1 aromatic heterocycles. The molecule has 5 nitrogen and oxygen atoms in total. The van der Waals surface area contributed by atoms with Crippen LogP contribution in [0.5, 0.6) is 5.75 Å². The van der Waals surface area contributed by atoms with E-state index in [1.165, 1.54) is 11.3 Å². The van der Waals surface area contributed by atoms with Crippen LogP contribution in [0, 0.1) is 0 Å². The molecule has 1 fully saturated rings. The molecule has 1 aliphatic carbocycles. The summed E-state index contributed by atoms with van der Waals surface area (Å²) in [5.74, 6) is 0.784. The molecule has 1 aliphatic rings. The largest absolute Gasteiger partial charge is 0.496 e. The Kier molecular flexibility index (Phi) is 5.98. The van der Waals surface area contributed by atoms with Gasteiger partial charge in [0.15, 0.2) is 0 Å². The summed E-state index contributed by atoms with van der Waals surface area (Å²) in [5.41, 5.74) is 7.09. The minimum absolute atomic E-state index is 0. The number of ether oxygens (including phenoxy) is 1. The van der Waals surface area contributed by atoms with E-state index in [1.807, 2.05) is 29.2 Å². The second-order valence-corrected chi connectivity index (χ2v) is 6.25. The molecule has 2 N–H and O–H groups in total. The quantitative estimate of drug-likeness (QED) is 0.867. The number of nitrogens with zero attached hydrogens (tertiary/aromatic N) is 2. The van der Waals surface area contributed by atoms with Crippen molar-refractivity contribution in [2.24, 2.45) is 5.73 Å². The van der Waals surface area contributed by atoms with Gasteiger partial charge in [-0.15, -0.1) is 23.7 Å². The molecule has 0 unspecified atom stereocenters. The molecule has 0 aliphatic heterocycles. The molecule has 1 heterocycles. The fourth-order valence-corrected chi connectivity index (χ4v) is 3.07. The standard InChI is InChI=1S/C16H19N3O2S.ClH/c1-21-14-5-3-2-4-11(14)9-19(12-6-7-12)16(20)13-10-22-15(8-17)18-13;/h2-5,10,12H,6-9,17H2,1H3;1H. The minimum Gasteiger partial charge on any atom is -0.496 e. The summed E-state index contributed by atoms with van der Waals surface area (Å²) in [6.07, 6.45) is 2.10. The maximum Gasteiger partial charge on any atom is 0.273 e. The second-order valence-electron chi connectivity index (χ2n) is 5.31. The van der Waals surface area contributed by atoms with Gasteiger partial charge < -0.3 is 15.4 Å². The van der Waals surface area contributed by atoms with Crippen molar-refractivity contribution in [3.63, 3.8) is 0 Å². The molecule has 23 heavy (non-hydrogen) atoms. The van der Waals surface area contributed by atoms with Crippen molar-refractivity contribution >= 4 is 29.7 Å². The number of amides is 1. The van der Waals surface area contributed by atoms with E-state index in [0.29, 0.717) is 24.8 Å². The van der Waals surface area contributed by atoms with Gasteiger partial charge in [-0.05, 0) is 18.9 Å². The van der Waals surface area contributed by atoms with E-state index in [0.717, 1.165) is 29.2 Å². The zero-order valence-electron chi connectivity index (χ0n) is 12.9. The summed E-state index contributed by atoms with van der Waals surface area (Å²) in [6, 6.07) is 8.11. The van der Waals surface area contributed by atoms with E-state index < -0.39 is 0 Å². The first kappa shape index (κ1) is 17.7. The molecule has 0 bridgehead atoms. The number of rotatable bonds is 6. The van der Waals surface area contributed by atoms with Crippen LogP contribution < -0.4 is 10.5 Å². The highest BCUT2D eigenvalue weighted by Crippen LogP contribution is 2.31. The zero-order valence-corrected chi connectivity index (χ0v) is 14.5. The molecule has 2 aromatic rings. The highest BCUT2D eigenvalue weighted by molar-refractivity contribution is 7.09. The number of hydrogen-bond acceptors (Lipinski definition) is 5. The summed E-state index contributed by atoms with van der Waals surface area (Å²) >= 11 is 1.43. The lowest BCUT2D eigenvalue weighted by Gasteiger charge is -2.22. The molecule has 3 rings (SSSR count). The Morgan fingerprint density at radius 1 is 1.43 bits per heavy atom. The summed E-state index contributed by atoms with van der Waals surface area (Å²) in [4.78, 5) is 19.0. The maximum absolute atomic E-state index is 12.7. The summed E-state index contributed by atoms with van der Waals surface area (Å²) in [5, 5.41) is 2.58. The van der Waals surface area contributed by atoms with Crippen LogP contribution >= 0.6 is 23.7 Å². The lowest BCUT2D eigenvalue weighted by molar-refractivity contribution is 0.0723. The summed E-state index contributed by atoms with van der Waals surface area (Å²) in [7, 11) is 1.65. The average Bonchev–Trinajstić information content (AvgIpc) is 3.28. The van der Waals surface area contributed by atoms with Gasteiger partial charge in [-0.25, -0.2) is 4.98 Å². The average molecular weight is 354 g/mol. The number of hydrogen-bond donors (Lipinski definition) is 1. The van der Waals surface area contributed by atoms with Gasteiger partial charge in [0.1, 0.15) is 16.5 Å². The predicted octanol–water partition coefficient (Wildman–Crippen LogP) is 2.84. The minimum atomic E-state index is -0.0237. The monoisotopic (exact) mass is 353 g/mol. The van der Waals surface area contributed by atoms with Crippen molar-refractivity contribution < 1.29 is 9.53 Å². The Bertz CT molecular complexity index is 673. The Morgan fingerprint density at radius 3 is 2.78 bits per heavy atom. The third-order valence-electron chi connectivity index (χ3n) is 3.73. The molecular formula is C16H20ClN3O2S. The van der Waals surface area contributed by atoms with E-state index in [9.17, 15) is 4.79 Å². The third-order valence-corrected chi connectivity index (χ3v) is 4.60. The predicted molar refractivity (Wildman–Crippen MR) is 93.1 cm³/mol. The van der Waals surface area contributed by atoms with Crippen LogP contribution in [0.1, 0.15) is 33.9 Å². The highest BCUT2D eigenvalue weighted by atomic mass is 35.5. The first-order valence-corrected chi connectivity index (χ1v) is 8.18. The van der Waals surface area contributed by atoms with Gasteiger partial charge in [-0.1, -0.05) is 18.2 Å². The van der Waals surface area contributed by atoms with E-state index >= 15 is 0 Å². The van der Waals surface area contributed by atoms with Gasteiger partial charge in [0.25, 0.3) is 5.91 Å². The van der Waals surface area contributed by atoms with Crippen LogP contribution in [0.2, 0.25) is 0 Å². The molecule has 1 amide bonds. The van der Waals surface area contributed by atoms with Gasteiger partial charge >= 0.3 is 0 Å². The molecule has 0 saturated heterocycles. The highest BCUT2D eigenvalue weighted by Gasteiger charge is 2.34. The van der Waals surface area contributed by atoms with E-state index in [1.54, 1.807) is 12.5 Å². The molecular weight excluding hydrogens is 334 g/mol. The Balaban J connectivity index is 0.00000192. The third kappa shape index (κ3) is 4.02. The number of benzene rings is 1. The zero-order chi connectivity index (χ0) is 15.5. The van der Waals surface area contributed by atoms with Crippen LogP contribution in [0.15, 0.2) is 29.6 Å². The van der Waals surface area contributed by atoms with Crippen LogP contribution in [0.4, 0.5) is 0 Å². The van der Waals surface area contributed by atoms with Gasteiger partial charge in [-0.3, -0.25) is 4.79 Å². The van der Waals surface area contributed by atoms with E-state index in [-0.39, 0.29) is 18.3 Å². The van der Waals surface area contributed by atoms with Crippen LogP contribution in [0.3, 0.4) is 0 Å². The fraction of sp³-hybridized carbons (Fsp3) is 0.375. The van der Waals surface area contributed by atoms with Crippen LogP contribution in [0.25, 0.3) is 0 Å². The van der Waals surface area contributed by atoms with Crippen molar-refractivity contribution in [1.29, 1.82) is 0 Å². The summed E-state index contributed by atoms with van der Waals surface area (Å²) < 4.78 is 5.39. The van der Waals surface area contributed by atoms with E-state index in [4.69, 9.17) is 10.5 Å². The first-order chi connectivity index (χ1) is 10.7. The summed E-state index contributed by atoms with van der Waals surface area (Å²) in [6.45, 7) is 0.914. The Morgan fingerprint density at radius 2 is 2.17 bits per heavy atom. The number of thiazole rings is 1. The van der Waals surface area contributed by atoms with Gasteiger partial charge in [0.05, 0.1) is 7.11 Å². The molecule has 0 spiro atoms. The molecule has 0 atom stereocenters. The smallest absolute Gasteiger partial charge is 0.273 e. The number of carbonyl (C=O) groups is 1. The number of aromatic nitrogens is 1. The van der Waals surface area contributed by atoms with Crippen molar-refractivity contribution in [3.05, 3.63) is 45.9 Å². The van der Waals surface area contributed by atoms with E-state index in [2.05, 4.69) is 4.98 Å². The van der Waals surface area contributed by atoms with Gasteiger partial charge in [0, 0.05) is 30.1 Å². The fourth-order valence-electron chi connectivity index (χ4n) is 2.42. The topological polar surface area (TPSA) is 68.5 Å². The maximum atomic E-state index is 12.7. The molecule has 7 heteroatoms. The lowest BCUT2D eigenvalue weighted by atomic mass is 10.1. The molecule has 124 valence electrons. The molecule has 1 saturated carbocycles. The number of para-hydroxylation sites is 1. The van der Waals surface area contributed by atoms with Crippen molar-refractivity contribution in [2.75, 3.05) is 7.11 Å². The Hall–Kier alpha value is -1.63. The second kappa shape index (κ2) is 7.77. The normalized spacial score (nSPS) is 13.3. The first-order valence-electron chi connectivity index (χ1n) is 7.30. The number of halogens is 1. The van der Waals surface area contributed by atoms with Gasteiger partial charge in [0.2, 0.25) is 0 Å². The van der Waals surface area contributed by atoms with Crippen molar-refractivity contribution in [2.45, 2.75) is 32.0 Å². The molecule has 0 radical (unpaired) electrons. The SMILES string of the molecule is COc1ccccc1CN(C(=O)c1csc(CN)n1)C1CC1.Cl. The Labute approximate surface area is 145 Å². The van der Waals surface area contributed by atoms with Crippen molar-refractivity contribution in [3.8, 4) is 5.75 Å². The van der Waals surface area contributed by atoms with Crippen LogP contribution in [-0.2, 0) is 13.1 Å². The van der Waals surface area contributed by atoms with Gasteiger partial charge in [-0.2, -0.15) is 0 Å². The van der Waals surface area contributed by atoms with Crippen LogP contribution in [-0.4, -0.2) is 28.9 Å². The molecule has 1 aromatic carbocycles. The van der Waals surface area contributed by atoms with Crippen molar-refractivity contribution in [1.82, 2.24) is 9.88 Å². The lowest BCUT2D eigenvalue weighted by Crippen LogP contribution is -2.33. The number of nitrogens with two attached hydrogens (primary N) is 1.